The van der Waals surface area contributed by atoms with Crippen LogP contribution in [0.25, 0.3) is 0 Å². The number of hydrogen-bond donors (Lipinski definition) is 3. The fraction of sp³-hybridized carbons (Fsp3) is 0. The van der Waals surface area contributed by atoms with E-state index in [4.69, 9.17) is 0 Å². The molecule has 0 unspecified atom stereocenters. The Balaban J connectivity index is 1.65. The number of carbonyl (C=O) groups is 2. The summed E-state index contributed by atoms with van der Waals surface area (Å²) in [5.74, 6) is -0.887. The van der Waals surface area contributed by atoms with Crippen LogP contribution < -0.4 is 10.7 Å². The molecule has 0 aliphatic carbocycles. The Labute approximate surface area is 156 Å². The molecule has 0 saturated heterocycles. The van der Waals surface area contributed by atoms with Gasteiger partial charge in [-0.15, -0.1) is 0 Å². The van der Waals surface area contributed by atoms with Crippen LogP contribution in [-0.4, -0.2) is 23.1 Å². The monoisotopic (exact) mass is 359 g/mol. The van der Waals surface area contributed by atoms with E-state index in [1.807, 2.05) is 18.2 Å². The molecular formula is C21H17N3O3. The highest BCUT2D eigenvalue weighted by Crippen LogP contribution is 2.15. The number of hydrogen-bond acceptors (Lipinski definition) is 4. The number of nitrogens with zero attached hydrogens (tertiary/aromatic N) is 1. The predicted molar refractivity (Wildman–Crippen MR) is 104 cm³/mol. The summed E-state index contributed by atoms with van der Waals surface area (Å²) in [5, 5.41) is 16.3. The van der Waals surface area contributed by atoms with Gasteiger partial charge in [-0.05, 0) is 42.0 Å². The summed E-state index contributed by atoms with van der Waals surface area (Å²) in [5.41, 5.74) is 4.30. The fourth-order valence-corrected chi connectivity index (χ4v) is 2.38. The minimum absolute atomic E-state index is 0.121. The van der Waals surface area contributed by atoms with Crippen molar-refractivity contribution in [3.05, 3.63) is 95.6 Å². The number of para-hydroxylation sites is 2. The largest absolute Gasteiger partial charge is 0.507 e. The van der Waals surface area contributed by atoms with Gasteiger partial charge in [0.25, 0.3) is 11.8 Å². The Morgan fingerprint density at radius 1 is 0.852 bits per heavy atom. The lowest BCUT2D eigenvalue weighted by Crippen LogP contribution is -2.17. The maximum absolute atomic E-state index is 12.3. The fourth-order valence-electron chi connectivity index (χ4n) is 2.38. The Kier molecular flexibility index (Phi) is 5.59. The summed E-state index contributed by atoms with van der Waals surface area (Å²) >= 11 is 0. The van der Waals surface area contributed by atoms with Crippen molar-refractivity contribution >= 4 is 23.7 Å². The molecule has 0 fully saturated rings. The molecule has 0 bridgehead atoms. The molecule has 134 valence electrons. The predicted octanol–water partition coefficient (Wildman–Crippen LogP) is 3.41. The van der Waals surface area contributed by atoms with Gasteiger partial charge in [0.15, 0.2) is 0 Å². The smallest absolute Gasteiger partial charge is 0.275 e. The van der Waals surface area contributed by atoms with Gasteiger partial charge in [-0.3, -0.25) is 9.59 Å². The summed E-state index contributed by atoms with van der Waals surface area (Å²) in [4.78, 5) is 24.3. The van der Waals surface area contributed by atoms with Crippen molar-refractivity contribution in [1.29, 1.82) is 0 Å². The molecule has 6 heteroatoms. The average molecular weight is 359 g/mol. The third-order valence-corrected chi connectivity index (χ3v) is 3.71. The normalized spacial score (nSPS) is 10.5. The van der Waals surface area contributed by atoms with Gasteiger partial charge in [-0.1, -0.05) is 42.5 Å². The van der Waals surface area contributed by atoms with E-state index in [2.05, 4.69) is 15.8 Å². The summed E-state index contributed by atoms with van der Waals surface area (Å²) in [6.07, 6.45) is 1.43. The lowest BCUT2D eigenvalue weighted by Gasteiger charge is -2.05. The molecule has 3 aromatic carbocycles. The van der Waals surface area contributed by atoms with Crippen LogP contribution in [0.3, 0.4) is 0 Å². The lowest BCUT2D eigenvalue weighted by molar-refractivity contribution is 0.0951. The maximum atomic E-state index is 12.3. The zero-order valence-corrected chi connectivity index (χ0v) is 14.3. The van der Waals surface area contributed by atoms with Crippen LogP contribution in [0.1, 0.15) is 26.3 Å². The van der Waals surface area contributed by atoms with Crippen molar-refractivity contribution in [2.45, 2.75) is 0 Å². The van der Waals surface area contributed by atoms with Crippen LogP contribution in [0.2, 0.25) is 0 Å². The van der Waals surface area contributed by atoms with Crippen molar-refractivity contribution in [3.8, 4) is 5.75 Å². The van der Waals surface area contributed by atoms with E-state index in [1.54, 1.807) is 48.5 Å². The zero-order chi connectivity index (χ0) is 19.1. The van der Waals surface area contributed by atoms with E-state index in [0.29, 0.717) is 16.8 Å². The van der Waals surface area contributed by atoms with Crippen LogP contribution in [0, 0.1) is 0 Å². The first-order valence-corrected chi connectivity index (χ1v) is 8.21. The highest BCUT2D eigenvalue weighted by Gasteiger charge is 2.09. The standard InChI is InChI=1S/C21H17N3O3/c25-19-12-5-4-11-18(19)21(27)24-22-14-15-7-6-8-16(13-15)20(26)23-17-9-2-1-3-10-17/h1-14,25H,(H,23,26)(H,24,27)/b22-14+. The third kappa shape index (κ3) is 4.79. The number of amides is 2. The number of phenols is 1. The number of carbonyl (C=O) groups excluding carboxylic acids is 2. The van der Waals surface area contributed by atoms with Gasteiger partial charge < -0.3 is 10.4 Å². The van der Waals surface area contributed by atoms with Gasteiger partial charge in [0.05, 0.1) is 11.8 Å². The van der Waals surface area contributed by atoms with Crippen LogP contribution in [-0.2, 0) is 0 Å². The zero-order valence-electron chi connectivity index (χ0n) is 14.3. The maximum Gasteiger partial charge on any atom is 0.275 e. The van der Waals surface area contributed by atoms with E-state index in [-0.39, 0.29) is 17.2 Å². The molecule has 27 heavy (non-hydrogen) atoms. The number of anilines is 1. The topological polar surface area (TPSA) is 90.8 Å². The molecule has 0 spiro atoms. The van der Waals surface area contributed by atoms with Gasteiger partial charge >= 0.3 is 0 Å². The molecule has 3 rings (SSSR count). The van der Waals surface area contributed by atoms with Gasteiger partial charge in [-0.2, -0.15) is 5.10 Å². The summed E-state index contributed by atoms with van der Waals surface area (Å²) < 4.78 is 0. The summed E-state index contributed by atoms with van der Waals surface area (Å²) in [6.45, 7) is 0. The SMILES string of the molecule is O=C(Nc1ccccc1)c1cccc(/C=N/NC(=O)c2ccccc2O)c1. The Hall–Kier alpha value is -3.93. The summed E-state index contributed by atoms with van der Waals surface area (Å²) in [7, 11) is 0. The summed E-state index contributed by atoms with van der Waals surface area (Å²) in [6, 6.07) is 22.2. The highest BCUT2D eigenvalue weighted by molar-refractivity contribution is 6.05. The minimum Gasteiger partial charge on any atom is -0.507 e. The van der Waals surface area contributed by atoms with Crippen molar-refractivity contribution in [3.63, 3.8) is 0 Å². The van der Waals surface area contributed by atoms with Crippen molar-refractivity contribution in [2.24, 2.45) is 5.10 Å². The van der Waals surface area contributed by atoms with Crippen LogP contribution in [0.5, 0.6) is 5.75 Å². The lowest BCUT2D eigenvalue weighted by atomic mass is 10.1. The molecule has 2 amide bonds. The van der Waals surface area contributed by atoms with E-state index >= 15 is 0 Å². The van der Waals surface area contributed by atoms with E-state index in [9.17, 15) is 14.7 Å². The number of benzene rings is 3. The average Bonchev–Trinajstić information content (AvgIpc) is 2.69. The molecule has 0 atom stereocenters. The molecule has 0 saturated carbocycles. The van der Waals surface area contributed by atoms with Gasteiger partial charge in [-0.25, -0.2) is 5.43 Å². The van der Waals surface area contributed by atoms with Crippen LogP contribution in [0.4, 0.5) is 5.69 Å². The quantitative estimate of drug-likeness (QED) is 0.482. The van der Waals surface area contributed by atoms with Crippen molar-refractivity contribution in [2.75, 3.05) is 5.32 Å². The highest BCUT2D eigenvalue weighted by atomic mass is 16.3. The number of nitrogens with one attached hydrogen (secondary N) is 2. The molecule has 0 radical (unpaired) electrons. The number of hydrazone groups is 1. The van der Waals surface area contributed by atoms with E-state index < -0.39 is 5.91 Å². The molecule has 3 N–H and O–H groups in total. The first-order chi connectivity index (χ1) is 13.1. The molecule has 6 nitrogen and oxygen atoms in total. The van der Waals surface area contributed by atoms with Gasteiger partial charge in [0.1, 0.15) is 5.75 Å². The van der Waals surface area contributed by atoms with Gasteiger partial charge in [0, 0.05) is 11.3 Å². The van der Waals surface area contributed by atoms with Crippen LogP contribution >= 0.6 is 0 Å². The first-order valence-electron chi connectivity index (χ1n) is 8.21. The minimum atomic E-state index is -0.526. The Bertz CT molecular complexity index is 985. The second kappa shape index (κ2) is 8.44. The first kappa shape index (κ1) is 17.9. The molecule has 0 heterocycles. The van der Waals surface area contributed by atoms with Gasteiger partial charge in [0.2, 0.25) is 0 Å². The van der Waals surface area contributed by atoms with E-state index in [1.165, 1.54) is 18.3 Å². The number of phenolic OH excluding ortho intramolecular Hbond substituents is 1. The Morgan fingerprint density at radius 3 is 2.37 bits per heavy atom. The van der Waals surface area contributed by atoms with E-state index in [0.717, 1.165) is 0 Å². The molecule has 3 aromatic rings. The van der Waals surface area contributed by atoms with Crippen molar-refractivity contribution < 1.29 is 14.7 Å². The molecule has 0 aromatic heterocycles. The Morgan fingerprint density at radius 2 is 1.59 bits per heavy atom. The second-order valence-electron chi connectivity index (χ2n) is 5.66. The van der Waals surface area contributed by atoms with Crippen molar-refractivity contribution in [1.82, 2.24) is 5.43 Å². The molecular weight excluding hydrogens is 342 g/mol. The number of aromatic hydroxyl groups is 1. The van der Waals surface area contributed by atoms with Crippen LogP contribution in [0.15, 0.2) is 84.0 Å². The number of rotatable bonds is 5. The molecule has 0 aliphatic rings. The second-order valence-corrected chi connectivity index (χ2v) is 5.66. The third-order valence-electron chi connectivity index (χ3n) is 3.71. The molecule has 0 aliphatic heterocycles.